The number of hydrogen-bond donors (Lipinski definition) is 2. The Labute approximate surface area is 134 Å². The Bertz CT molecular complexity index is 492. The number of nitrogens with one attached hydrogen (secondary N) is 2. The quantitative estimate of drug-likeness (QED) is 0.842. The molecule has 0 spiro atoms. The number of alkyl carbamates (subject to hydrolysis) is 1. The Morgan fingerprint density at radius 1 is 1.23 bits per heavy atom. The van der Waals surface area contributed by atoms with E-state index in [0.29, 0.717) is 6.54 Å². The van der Waals surface area contributed by atoms with Crippen LogP contribution in [-0.2, 0) is 11.3 Å². The van der Waals surface area contributed by atoms with E-state index in [1.807, 2.05) is 20.8 Å². The molecule has 0 saturated carbocycles. The molecule has 0 heterocycles. The van der Waals surface area contributed by atoms with Crippen LogP contribution in [0.4, 0.5) is 4.79 Å². The van der Waals surface area contributed by atoms with Gasteiger partial charge in [-0.1, -0.05) is 25.1 Å². The van der Waals surface area contributed by atoms with Crippen LogP contribution in [0.5, 0.6) is 0 Å². The second-order valence-electron chi connectivity index (χ2n) is 6.79. The number of benzene rings is 1. The predicted octanol–water partition coefficient (Wildman–Crippen LogP) is 3.70. The van der Waals surface area contributed by atoms with Gasteiger partial charge < -0.3 is 15.4 Å². The summed E-state index contributed by atoms with van der Waals surface area (Å²) in [6.45, 7) is 13.3. The van der Waals surface area contributed by atoms with Crippen molar-refractivity contribution in [2.24, 2.45) is 0 Å². The third-order valence-corrected chi connectivity index (χ3v) is 3.55. The first-order valence-electron chi connectivity index (χ1n) is 7.97. The Morgan fingerprint density at radius 3 is 2.45 bits per heavy atom. The third kappa shape index (κ3) is 6.94. The molecule has 1 atom stereocenters. The second kappa shape index (κ2) is 8.18. The highest BCUT2D eigenvalue weighted by atomic mass is 16.6. The molecule has 0 aromatic heterocycles. The van der Waals surface area contributed by atoms with Crippen molar-refractivity contribution >= 4 is 6.09 Å². The van der Waals surface area contributed by atoms with Crippen molar-refractivity contribution in [1.29, 1.82) is 0 Å². The molecule has 0 bridgehead atoms. The van der Waals surface area contributed by atoms with Gasteiger partial charge in [0, 0.05) is 19.1 Å². The van der Waals surface area contributed by atoms with Crippen molar-refractivity contribution in [2.75, 3.05) is 6.54 Å². The van der Waals surface area contributed by atoms with Gasteiger partial charge in [-0.05, 0) is 57.7 Å². The molecule has 4 heteroatoms. The van der Waals surface area contributed by atoms with Crippen LogP contribution in [-0.4, -0.2) is 24.3 Å². The normalized spacial score (nSPS) is 12.8. The van der Waals surface area contributed by atoms with Gasteiger partial charge in [0.05, 0.1) is 0 Å². The molecular weight excluding hydrogens is 276 g/mol. The molecule has 4 nitrogen and oxygen atoms in total. The molecule has 1 rings (SSSR count). The predicted molar refractivity (Wildman–Crippen MR) is 91.1 cm³/mol. The summed E-state index contributed by atoms with van der Waals surface area (Å²) in [4.78, 5) is 11.7. The summed E-state index contributed by atoms with van der Waals surface area (Å²) in [5.41, 5.74) is 3.42. The number of ether oxygens (including phenoxy) is 1. The van der Waals surface area contributed by atoms with E-state index in [9.17, 15) is 4.79 Å². The molecule has 1 amide bonds. The Kier molecular flexibility index (Phi) is 6.88. The van der Waals surface area contributed by atoms with Gasteiger partial charge in [-0.3, -0.25) is 0 Å². The summed E-state index contributed by atoms with van der Waals surface area (Å²) in [5.74, 6) is 0. The highest BCUT2D eigenvalue weighted by molar-refractivity contribution is 5.67. The van der Waals surface area contributed by atoms with Crippen molar-refractivity contribution in [3.63, 3.8) is 0 Å². The number of amides is 1. The number of aryl methyl sites for hydroxylation is 2. The smallest absolute Gasteiger partial charge is 0.407 e. The molecule has 0 aliphatic heterocycles. The molecule has 1 unspecified atom stereocenters. The molecule has 1 aromatic carbocycles. The number of carbonyl (C=O) groups is 1. The SMILES string of the molecule is CCC(CNC(=O)OC(C)(C)C)NCc1ccc(C)c(C)c1. The lowest BCUT2D eigenvalue weighted by Gasteiger charge is -2.22. The molecule has 22 heavy (non-hydrogen) atoms. The van der Waals surface area contributed by atoms with Crippen molar-refractivity contribution in [3.05, 3.63) is 34.9 Å². The van der Waals surface area contributed by atoms with Crippen LogP contribution in [0.2, 0.25) is 0 Å². The first-order chi connectivity index (χ1) is 10.2. The molecule has 0 radical (unpaired) electrons. The van der Waals surface area contributed by atoms with E-state index < -0.39 is 5.60 Å². The Morgan fingerprint density at radius 2 is 1.91 bits per heavy atom. The summed E-state index contributed by atoms with van der Waals surface area (Å²) < 4.78 is 5.25. The van der Waals surface area contributed by atoms with Crippen LogP contribution in [0.25, 0.3) is 0 Å². The standard InChI is InChI=1S/C18H30N2O2/c1-7-16(12-20-17(21)22-18(4,5)6)19-11-15-9-8-13(2)14(3)10-15/h8-10,16,19H,7,11-12H2,1-6H3,(H,20,21). The maximum atomic E-state index is 11.7. The molecule has 0 fully saturated rings. The highest BCUT2D eigenvalue weighted by Gasteiger charge is 2.16. The van der Waals surface area contributed by atoms with Crippen LogP contribution >= 0.6 is 0 Å². The molecule has 0 saturated heterocycles. The van der Waals surface area contributed by atoms with Gasteiger partial charge >= 0.3 is 6.09 Å². The van der Waals surface area contributed by atoms with E-state index in [1.54, 1.807) is 0 Å². The van der Waals surface area contributed by atoms with E-state index in [1.165, 1.54) is 16.7 Å². The second-order valence-corrected chi connectivity index (χ2v) is 6.79. The first-order valence-corrected chi connectivity index (χ1v) is 7.97. The summed E-state index contributed by atoms with van der Waals surface area (Å²) >= 11 is 0. The number of rotatable bonds is 6. The lowest BCUT2D eigenvalue weighted by atomic mass is 10.1. The van der Waals surface area contributed by atoms with Gasteiger partial charge in [0.2, 0.25) is 0 Å². The zero-order chi connectivity index (χ0) is 16.8. The fraction of sp³-hybridized carbons (Fsp3) is 0.611. The molecule has 1 aromatic rings. The highest BCUT2D eigenvalue weighted by Crippen LogP contribution is 2.10. The van der Waals surface area contributed by atoms with Gasteiger partial charge in [-0.15, -0.1) is 0 Å². The summed E-state index contributed by atoms with van der Waals surface area (Å²) in [7, 11) is 0. The van der Waals surface area contributed by atoms with Crippen molar-refractivity contribution in [2.45, 2.75) is 66.2 Å². The van der Waals surface area contributed by atoms with Crippen LogP contribution in [0, 0.1) is 13.8 Å². The van der Waals surface area contributed by atoms with Crippen LogP contribution in [0.3, 0.4) is 0 Å². The fourth-order valence-electron chi connectivity index (χ4n) is 2.06. The molecule has 0 aliphatic carbocycles. The zero-order valence-electron chi connectivity index (χ0n) is 14.7. The van der Waals surface area contributed by atoms with Gasteiger partial charge in [0.15, 0.2) is 0 Å². The minimum Gasteiger partial charge on any atom is -0.444 e. The lowest BCUT2D eigenvalue weighted by Crippen LogP contribution is -2.42. The van der Waals surface area contributed by atoms with E-state index in [2.05, 4.69) is 49.6 Å². The van der Waals surface area contributed by atoms with Crippen molar-refractivity contribution in [3.8, 4) is 0 Å². The number of carbonyl (C=O) groups excluding carboxylic acids is 1. The number of hydrogen-bond acceptors (Lipinski definition) is 3. The topological polar surface area (TPSA) is 50.4 Å². The molecule has 2 N–H and O–H groups in total. The maximum Gasteiger partial charge on any atom is 0.407 e. The lowest BCUT2D eigenvalue weighted by molar-refractivity contribution is 0.0522. The van der Waals surface area contributed by atoms with Gasteiger partial charge in [0.1, 0.15) is 5.60 Å². The van der Waals surface area contributed by atoms with Crippen molar-refractivity contribution < 1.29 is 9.53 Å². The molecule has 124 valence electrons. The van der Waals surface area contributed by atoms with Gasteiger partial charge in [-0.25, -0.2) is 4.79 Å². The largest absolute Gasteiger partial charge is 0.444 e. The van der Waals surface area contributed by atoms with Crippen LogP contribution in [0.1, 0.15) is 50.8 Å². The van der Waals surface area contributed by atoms with Gasteiger partial charge in [-0.2, -0.15) is 0 Å². The van der Waals surface area contributed by atoms with Crippen LogP contribution < -0.4 is 10.6 Å². The van der Waals surface area contributed by atoms with E-state index in [4.69, 9.17) is 4.74 Å². The summed E-state index contributed by atoms with van der Waals surface area (Å²) in [6, 6.07) is 6.72. The molecule has 0 aliphatic rings. The minimum absolute atomic E-state index is 0.231. The first kappa shape index (κ1) is 18.5. The van der Waals surface area contributed by atoms with Crippen molar-refractivity contribution in [1.82, 2.24) is 10.6 Å². The Hall–Kier alpha value is -1.55. The maximum absolute atomic E-state index is 11.7. The van der Waals surface area contributed by atoms with Crippen LogP contribution in [0.15, 0.2) is 18.2 Å². The molecular formula is C18H30N2O2. The Balaban J connectivity index is 2.42. The van der Waals surface area contributed by atoms with E-state index in [0.717, 1.165) is 13.0 Å². The fourth-order valence-corrected chi connectivity index (χ4v) is 2.06. The summed E-state index contributed by atoms with van der Waals surface area (Å²) in [5, 5.41) is 6.30. The monoisotopic (exact) mass is 306 g/mol. The zero-order valence-corrected chi connectivity index (χ0v) is 14.7. The minimum atomic E-state index is -0.460. The van der Waals surface area contributed by atoms with Gasteiger partial charge in [0.25, 0.3) is 0 Å². The average molecular weight is 306 g/mol. The third-order valence-electron chi connectivity index (χ3n) is 3.55. The van der Waals surface area contributed by atoms with E-state index in [-0.39, 0.29) is 12.1 Å². The summed E-state index contributed by atoms with van der Waals surface area (Å²) in [6.07, 6.45) is 0.583. The van der Waals surface area contributed by atoms with E-state index >= 15 is 0 Å². The average Bonchev–Trinajstić information content (AvgIpc) is 2.41.